The Hall–Kier alpha value is -0.450. The molecule has 0 bridgehead atoms. The van der Waals surface area contributed by atoms with Crippen molar-refractivity contribution < 1.29 is 4.84 Å². The second kappa shape index (κ2) is 3.80. The fourth-order valence-corrected chi connectivity index (χ4v) is 1.36. The van der Waals surface area contributed by atoms with Gasteiger partial charge in [0.25, 0.3) is 0 Å². The van der Waals surface area contributed by atoms with Crippen LogP contribution in [0.1, 0.15) is 18.6 Å². The highest BCUT2D eigenvalue weighted by molar-refractivity contribution is 9.10. The number of halogens is 1. The quantitative estimate of drug-likeness (QED) is 0.768. The zero-order chi connectivity index (χ0) is 8.27. The lowest BCUT2D eigenvalue weighted by Crippen LogP contribution is -2.05. The van der Waals surface area contributed by atoms with E-state index in [0.29, 0.717) is 0 Å². The van der Waals surface area contributed by atoms with E-state index in [2.05, 4.69) is 25.8 Å². The molecule has 4 heteroatoms. The van der Waals surface area contributed by atoms with Crippen molar-refractivity contribution in [3.8, 4) is 0 Å². The van der Waals surface area contributed by atoms with Crippen molar-refractivity contribution in [3.63, 3.8) is 0 Å². The Labute approximate surface area is 73.7 Å². The lowest BCUT2D eigenvalue weighted by Gasteiger charge is -2.09. The van der Waals surface area contributed by atoms with Gasteiger partial charge in [-0.2, -0.15) is 0 Å². The van der Waals surface area contributed by atoms with Gasteiger partial charge in [0.1, 0.15) is 6.10 Å². The molecule has 1 heterocycles. The van der Waals surface area contributed by atoms with Gasteiger partial charge in [0, 0.05) is 16.9 Å². The first kappa shape index (κ1) is 8.64. The molecular weight excluding hydrogens is 208 g/mol. The van der Waals surface area contributed by atoms with Gasteiger partial charge in [0.15, 0.2) is 0 Å². The maximum atomic E-state index is 5.03. The van der Waals surface area contributed by atoms with Crippen LogP contribution in [0, 0.1) is 0 Å². The van der Waals surface area contributed by atoms with Crippen LogP contribution in [0.2, 0.25) is 0 Å². The van der Waals surface area contributed by atoms with E-state index in [0.717, 1.165) is 10.0 Å². The molecule has 0 spiro atoms. The van der Waals surface area contributed by atoms with Gasteiger partial charge in [-0.15, -0.1) is 0 Å². The van der Waals surface area contributed by atoms with E-state index in [1.54, 1.807) is 12.4 Å². The zero-order valence-corrected chi connectivity index (χ0v) is 7.71. The van der Waals surface area contributed by atoms with E-state index < -0.39 is 0 Å². The molecule has 0 radical (unpaired) electrons. The number of pyridine rings is 1. The molecule has 1 unspecified atom stereocenters. The van der Waals surface area contributed by atoms with Crippen LogP contribution in [0.15, 0.2) is 22.9 Å². The van der Waals surface area contributed by atoms with Crippen molar-refractivity contribution in [1.29, 1.82) is 0 Å². The number of rotatable bonds is 2. The topological polar surface area (TPSA) is 48.1 Å². The van der Waals surface area contributed by atoms with E-state index >= 15 is 0 Å². The number of hydrogen-bond acceptors (Lipinski definition) is 3. The molecule has 11 heavy (non-hydrogen) atoms. The Morgan fingerprint density at radius 2 is 2.45 bits per heavy atom. The Bertz CT molecular complexity index is 242. The Kier molecular flexibility index (Phi) is 2.99. The molecule has 1 aromatic rings. The molecule has 0 aliphatic rings. The molecule has 2 N–H and O–H groups in total. The Morgan fingerprint density at radius 3 is 3.00 bits per heavy atom. The Morgan fingerprint density at radius 1 is 1.73 bits per heavy atom. The van der Waals surface area contributed by atoms with Gasteiger partial charge in [-0.1, -0.05) is 0 Å². The maximum absolute atomic E-state index is 5.03. The molecule has 0 aliphatic heterocycles. The van der Waals surface area contributed by atoms with Gasteiger partial charge in [0.05, 0.1) is 0 Å². The van der Waals surface area contributed by atoms with E-state index in [-0.39, 0.29) is 6.10 Å². The number of hydrogen-bond donors (Lipinski definition) is 1. The molecule has 0 saturated carbocycles. The first-order valence-electron chi connectivity index (χ1n) is 3.20. The summed E-state index contributed by atoms with van der Waals surface area (Å²) in [5.74, 6) is 5.03. The summed E-state index contributed by atoms with van der Waals surface area (Å²) in [6.07, 6.45) is 3.31. The second-order valence-electron chi connectivity index (χ2n) is 2.18. The fraction of sp³-hybridized carbons (Fsp3) is 0.286. The van der Waals surface area contributed by atoms with Gasteiger partial charge in [0.2, 0.25) is 0 Å². The normalized spacial score (nSPS) is 13.0. The van der Waals surface area contributed by atoms with Crippen LogP contribution in [-0.4, -0.2) is 4.98 Å². The summed E-state index contributed by atoms with van der Waals surface area (Å²) in [5.41, 5.74) is 1.00. The van der Waals surface area contributed by atoms with Crippen LogP contribution < -0.4 is 5.90 Å². The molecule has 1 rings (SSSR count). The third-order valence-corrected chi connectivity index (χ3v) is 2.11. The first-order valence-corrected chi connectivity index (χ1v) is 4.00. The fourth-order valence-electron chi connectivity index (χ4n) is 0.789. The average molecular weight is 217 g/mol. The molecule has 1 atom stereocenters. The van der Waals surface area contributed by atoms with Gasteiger partial charge in [-0.3, -0.25) is 9.82 Å². The van der Waals surface area contributed by atoms with Crippen molar-refractivity contribution in [3.05, 3.63) is 28.5 Å². The highest BCUT2D eigenvalue weighted by atomic mass is 79.9. The lowest BCUT2D eigenvalue weighted by molar-refractivity contribution is 0.0658. The monoisotopic (exact) mass is 216 g/mol. The summed E-state index contributed by atoms with van der Waals surface area (Å²) in [5, 5.41) is 0. The van der Waals surface area contributed by atoms with Gasteiger partial charge >= 0.3 is 0 Å². The van der Waals surface area contributed by atoms with E-state index in [4.69, 9.17) is 5.90 Å². The highest BCUT2D eigenvalue weighted by Crippen LogP contribution is 2.22. The van der Waals surface area contributed by atoms with Gasteiger partial charge in [-0.05, 0) is 34.5 Å². The number of nitrogens with zero attached hydrogens (tertiary/aromatic N) is 1. The van der Waals surface area contributed by atoms with E-state index in [1.807, 2.05) is 13.0 Å². The van der Waals surface area contributed by atoms with E-state index in [9.17, 15) is 0 Å². The largest absolute Gasteiger partial charge is 0.297 e. The standard InChI is InChI=1S/C7H9BrN2O/c1-5(11-9)6-2-3-10-4-7(6)8/h2-5H,9H2,1H3. The molecular formula is C7H9BrN2O. The smallest absolute Gasteiger partial charge is 0.102 e. The zero-order valence-electron chi connectivity index (χ0n) is 6.12. The minimum atomic E-state index is -0.104. The first-order chi connectivity index (χ1) is 5.25. The molecule has 0 fully saturated rings. The lowest BCUT2D eigenvalue weighted by atomic mass is 10.2. The van der Waals surface area contributed by atoms with Crippen molar-refractivity contribution in [2.75, 3.05) is 0 Å². The second-order valence-corrected chi connectivity index (χ2v) is 3.03. The van der Waals surface area contributed by atoms with Crippen LogP contribution in [0.5, 0.6) is 0 Å². The summed E-state index contributed by atoms with van der Waals surface area (Å²) in [4.78, 5) is 8.58. The number of aromatic nitrogens is 1. The predicted octanol–water partition coefficient (Wildman–Crippen LogP) is 1.80. The van der Waals surface area contributed by atoms with Crippen molar-refractivity contribution >= 4 is 15.9 Å². The molecule has 0 saturated heterocycles. The molecule has 60 valence electrons. The SMILES string of the molecule is CC(ON)c1ccncc1Br. The highest BCUT2D eigenvalue weighted by Gasteiger charge is 2.07. The number of nitrogens with two attached hydrogens (primary N) is 1. The van der Waals surface area contributed by atoms with Crippen LogP contribution in [0.4, 0.5) is 0 Å². The predicted molar refractivity (Wildman–Crippen MR) is 45.6 cm³/mol. The van der Waals surface area contributed by atoms with Crippen molar-refractivity contribution in [2.45, 2.75) is 13.0 Å². The molecule has 0 aromatic carbocycles. The van der Waals surface area contributed by atoms with Crippen LogP contribution in [-0.2, 0) is 4.84 Å². The van der Waals surface area contributed by atoms with Crippen LogP contribution in [0.3, 0.4) is 0 Å². The molecule has 0 aliphatic carbocycles. The third kappa shape index (κ3) is 1.99. The van der Waals surface area contributed by atoms with Crippen LogP contribution in [0.25, 0.3) is 0 Å². The summed E-state index contributed by atoms with van der Waals surface area (Å²) < 4.78 is 0.915. The average Bonchev–Trinajstić information content (AvgIpc) is 2.04. The van der Waals surface area contributed by atoms with Crippen LogP contribution >= 0.6 is 15.9 Å². The summed E-state index contributed by atoms with van der Waals surface area (Å²) in [7, 11) is 0. The Balaban J connectivity index is 2.93. The van der Waals surface area contributed by atoms with Crippen molar-refractivity contribution in [2.24, 2.45) is 5.90 Å². The van der Waals surface area contributed by atoms with Gasteiger partial charge < -0.3 is 0 Å². The summed E-state index contributed by atoms with van der Waals surface area (Å²) >= 11 is 3.34. The minimum absolute atomic E-state index is 0.104. The summed E-state index contributed by atoms with van der Waals surface area (Å²) in [6, 6.07) is 1.86. The third-order valence-electron chi connectivity index (χ3n) is 1.45. The van der Waals surface area contributed by atoms with Gasteiger partial charge in [-0.25, -0.2) is 5.90 Å². The molecule has 0 amide bonds. The molecule has 1 aromatic heterocycles. The maximum Gasteiger partial charge on any atom is 0.102 e. The summed E-state index contributed by atoms with van der Waals surface area (Å²) in [6.45, 7) is 1.88. The van der Waals surface area contributed by atoms with Crippen molar-refractivity contribution in [1.82, 2.24) is 4.98 Å². The molecule has 3 nitrogen and oxygen atoms in total. The van der Waals surface area contributed by atoms with E-state index in [1.165, 1.54) is 0 Å². The minimum Gasteiger partial charge on any atom is -0.297 e.